The van der Waals surface area contributed by atoms with Crippen LogP contribution in [-0.4, -0.2) is 49.1 Å². The Labute approximate surface area is 124 Å². The summed E-state index contributed by atoms with van der Waals surface area (Å²) in [4.78, 5) is 4.97. The van der Waals surface area contributed by atoms with Crippen molar-refractivity contribution >= 4 is 15.9 Å². The molecule has 2 atom stereocenters. The van der Waals surface area contributed by atoms with Crippen LogP contribution in [0.5, 0.6) is 0 Å². The molecule has 1 heterocycles. The molecule has 0 amide bonds. The van der Waals surface area contributed by atoms with E-state index in [4.69, 9.17) is 5.73 Å². The van der Waals surface area contributed by atoms with Crippen molar-refractivity contribution in [1.29, 1.82) is 0 Å². The fourth-order valence-electron chi connectivity index (χ4n) is 3.04. The molecule has 0 bridgehead atoms. The van der Waals surface area contributed by atoms with Gasteiger partial charge in [0, 0.05) is 36.2 Å². The van der Waals surface area contributed by atoms with E-state index in [1.54, 1.807) is 0 Å². The van der Waals surface area contributed by atoms with Crippen molar-refractivity contribution in [2.24, 2.45) is 5.73 Å². The summed E-state index contributed by atoms with van der Waals surface area (Å²) < 4.78 is 1.16. The van der Waals surface area contributed by atoms with Crippen molar-refractivity contribution in [2.45, 2.75) is 25.4 Å². The monoisotopic (exact) mass is 325 g/mol. The number of benzene rings is 1. The quantitative estimate of drug-likeness (QED) is 0.926. The van der Waals surface area contributed by atoms with Crippen LogP contribution in [0.25, 0.3) is 0 Å². The van der Waals surface area contributed by atoms with Crippen LogP contribution in [0.3, 0.4) is 0 Å². The highest BCUT2D eigenvalue weighted by atomic mass is 79.9. The Morgan fingerprint density at radius 1 is 1.37 bits per heavy atom. The number of nitrogens with zero attached hydrogens (tertiary/aromatic N) is 2. The lowest BCUT2D eigenvalue weighted by molar-refractivity contribution is 0.146. The third-order valence-electron chi connectivity index (χ3n) is 3.99. The van der Waals surface area contributed by atoms with Crippen LogP contribution in [0.2, 0.25) is 0 Å². The Hall–Kier alpha value is -0.420. The molecule has 0 saturated carbocycles. The zero-order valence-electron chi connectivity index (χ0n) is 11.8. The molecule has 1 aromatic rings. The minimum Gasteiger partial charge on any atom is -0.329 e. The van der Waals surface area contributed by atoms with Crippen molar-refractivity contribution in [2.75, 3.05) is 33.2 Å². The van der Waals surface area contributed by atoms with Crippen molar-refractivity contribution in [1.82, 2.24) is 9.80 Å². The number of hydrogen-bond donors (Lipinski definition) is 1. The first-order chi connectivity index (χ1) is 9.13. The van der Waals surface area contributed by atoms with Gasteiger partial charge in [0.1, 0.15) is 0 Å². The van der Waals surface area contributed by atoms with E-state index < -0.39 is 0 Å². The molecule has 1 aliphatic rings. The summed E-state index contributed by atoms with van der Waals surface area (Å²) in [5, 5.41) is 0. The van der Waals surface area contributed by atoms with Crippen molar-refractivity contribution in [3.05, 3.63) is 34.3 Å². The van der Waals surface area contributed by atoms with E-state index in [0.717, 1.165) is 17.6 Å². The average molecular weight is 326 g/mol. The van der Waals surface area contributed by atoms with E-state index >= 15 is 0 Å². The van der Waals surface area contributed by atoms with Gasteiger partial charge >= 0.3 is 0 Å². The summed E-state index contributed by atoms with van der Waals surface area (Å²) >= 11 is 3.66. The first-order valence-electron chi connectivity index (χ1n) is 7.02. The van der Waals surface area contributed by atoms with Gasteiger partial charge < -0.3 is 10.6 Å². The maximum absolute atomic E-state index is 6.08. The first kappa shape index (κ1) is 15.0. The normalized spacial score (nSPS) is 24.1. The van der Waals surface area contributed by atoms with E-state index in [0.29, 0.717) is 18.6 Å². The second-order valence-corrected chi connectivity index (χ2v) is 6.33. The van der Waals surface area contributed by atoms with Crippen LogP contribution < -0.4 is 5.73 Å². The van der Waals surface area contributed by atoms with E-state index in [2.05, 4.69) is 64.0 Å². The van der Waals surface area contributed by atoms with Gasteiger partial charge in [0.2, 0.25) is 0 Å². The average Bonchev–Trinajstić information content (AvgIpc) is 2.54. The summed E-state index contributed by atoms with van der Waals surface area (Å²) in [6.45, 7) is 6.38. The Morgan fingerprint density at radius 3 is 2.79 bits per heavy atom. The third-order valence-corrected chi connectivity index (χ3v) is 4.71. The van der Waals surface area contributed by atoms with Gasteiger partial charge in [-0.05, 0) is 38.6 Å². The molecule has 4 heteroatoms. The number of rotatable bonds is 3. The fourth-order valence-corrected chi connectivity index (χ4v) is 3.59. The van der Waals surface area contributed by atoms with E-state index in [1.807, 2.05) is 0 Å². The lowest BCUT2D eigenvalue weighted by atomic mass is 10.0. The fraction of sp³-hybridized carbons (Fsp3) is 0.600. The van der Waals surface area contributed by atoms with E-state index in [1.165, 1.54) is 18.5 Å². The maximum atomic E-state index is 6.08. The van der Waals surface area contributed by atoms with Crippen molar-refractivity contribution in [3.63, 3.8) is 0 Å². The second kappa shape index (κ2) is 6.84. The Kier molecular flexibility index (Phi) is 5.39. The molecule has 0 spiro atoms. The van der Waals surface area contributed by atoms with Crippen LogP contribution in [0, 0.1) is 0 Å². The molecule has 2 rings (SSSR count). The van der Waals surface area contributed by atoms with E-state index in [9.17, 15) is 0 Å². The highest BCUT2D eigenvalue weighted by molar-refractivity contribution is 9.10. The number of hydrogen-bond acceptors (Lipinski definition) is 3. The first-order valence-corrected chi connectivity index (χ1v) is 7.81. The topological polar surface area (TPSA) is 32.5 Å². The zero-order chi connectivity index (χ0) is 13.8. The maximum Gasteiger partial charge on any atom is 0.0485 e. The predicted molar refractivity (Wildman–Crippen MR) is 84.2 cm³/mol. The second-order valence-electron chi connectivity index (χ2n) is 5.48. The lowest BCUT2D eigenvalue weighted by Gasteiger charge is -2.35. The molecule has 106 valence electrons. The molecule has 2 N–H and O–H groups in total. The number of likely N-dealkylation sites (N-methyl/N-ethyl adjacent to an activating group) is 1. The smallest absolute Gasteiger partial charge is 0.0485 e. The molecule has 0 radical (unpaired) electrons. The standard InChI is InChI=1S/C15H24BrN3/c1-12-11-18(2)8-5-9-19(12)15(10-17)13-6-3-4-7-14(13)16/h3-4,6-7,12,15H,5,8-11,17H2,1-2H3. The van der Waals surface area contributed by atoms with Gasteiger partial charge in [0.25, 0.3) is 0 Å². The Morgan fingerprint density at radius 2 is 2.11 bits per heavy atom. The van der Waals surface area contributed by atoms with Crippen molar-refractivity contribution < 1.29 is 0 Å². The Bertz CT molecular complexity index is 410. The third kappa shape index (κ3) is 3.57. The molecule has 1 aliphatic heterocycles. The minimum absolute atomic E-state index is 0.303. The number of halogens is 1. The van der Waals surface area contributed by atoms with Gasteiger partial charge in [0.15, 0.2) is 0 Å². The molecule has 0 aromatic heterocycles. The van der Waals surface area contributed by atoms with Gasteiger partial charge in [-0.25, -0.2) is 0 Å². The van der Waals surface area contributed by atoms with Crippen LogP contribution in [0.4, 0.5) is 0 Å². The molecular weight excluding hydrogens is 302 g/mol. The van der Waals surface area contributed by atoms with Gasteiger partial charge in [-0.3, -0.25) is 4.90 Å². The number of nitrogens with two attached hydrogens (primary N) is 1. The van der Waals surface area contributed by atoms with Crippen LogP contribution in [0.15, 0.2) is 28.7 Å². The van der Waals surface area contributed by atoms with Gasteiger partial charge in [-0.1, -0.05) is 34.1 Å². The minimum atomic E-state index is 0.303. The molecule has 1 saturated heterocycles. The summed E-state index contributed by atoms with van der Waals surface area (Å²) in [6, 6.07) is 9.28. The molecule has 19 heavy (non-hydrogen) atoms. The predicted octanol–water partition coefficient (Wildman–Crippen LogP) is 2.47. The molecule has 1 fully saturated rings. The van der Waals surface area contributed by atoms with Crippen LogP contribution in [0.1, 0.15) is 24.9 Å². The van der Waals surface area contributed by atoms with Gasteiger partial charge in [-0.2, -0.15) is 0 Å². The van der Waals surface area contributed by atoms with E-state index in [-0.39, 0.29) is 0 Å². The largest absolute Gasteiger partial charge is 0.329 e. The van der Waals surface area contributed by atoms with Gasteiger partial charge in [0.05, 0.1) is 0 Å². The summed E-state index contributed by atoms with van der Waals surface area (Å²) in [5.74, 6) is 0. The van der Waals surface area contributed by atoms with Crippen molar-refractivity contribution in [3.8, 4) is 0 Å². The highest BCUT2D eigenvalue weighted by Gasteiger charge is 2.27. The molecule has 2 unspecified atom stereocenters. The molecule has 1 aromatic carbocycles. The summed E-state index contributed by atoms with van der Waals surface area (Å²) in [6.07, 6.45) is 1.21. The summed E-state index contributed by atoms with van der Waals surface area (Å²) in [7, 11) is 2.20. The van der Waals surface area contributed by atoms with Crippen LogP contribution >= 0.6 is 15.9 Å². The molecular formula is C15H24BrN3. The molecule has 3 nitrogen and oxygen atoms in total. The summed E-state index contributed by atoms with van der Waals surface area (Å²) in [5.41, 5.74) is 7.38. The van der Waals surface area contributed by atoms with Gasteiger partial charge in [-0.15, -0.1) is 0 Å². The lowest BCUT2D eigenvalue weighted by Crippen LogP contribution is -2.43. The Balaban J connectivity index is 2.23. The SMILES string of the molecule is CC1CN(C)CCCN1C(CN)c1ccccc1Br. The highest BCUT2D eigenvalue weighted by Crippen LogP contribution is 2.29. The zero-order valence-corrected chi connectivity index (χ0v) is 13.4. The van der Waals surface area contributed by atoms with Crippen LogP contribution in [-0.2, 0) is 0 Å². The molecule has 0 aliphatic carbocycles.